The topological polar surface area (TPSA) is 67.1 Å². The zero-order valence-electron chi connectivity index (χ0n) is 11.3. The zero-order valence-corrected chi connectivity index (χ0v) is 11.3. The number of morpholine rings is 1. The highest BCUT2D eigenvalue weighted by atomic mass is 16.5. The lowest BCUT2D eigenvalue weighted by atomic mass is 10.2. The summed E-state index contributed by atoms with van der Waals surface area (Å²) in [5.74, 6) is 0.653. The Bertz CT molecular complexity index is 625. The molecule has 0 saturated carbocycles. The van der Waals surface area contributed by atoms with Crippen molar-refractivity contribution in [2.75, 3.05) is 24.6 Å². The van der Waals surface area contributed by atoms with Gasteiger partial charge in [0.2, 0.25) is 0 Å². The Morgan fingerprint density at radius 2 is 2.35 bits per heavy atom. The molecule has 2 unspecified atom stereocenters. The molecule has 2 aromatic rings. The van der Waals surface area contributed by atoms with Crippen LogP contribution in [0.5, 0.6) is 0 Å². The summed E-state index contributed by atoms with van der Waals surface area (Å²) in [6, 6.07) is 5.62. The fraction of sp³-hybridized carbons (Fsp3) is 0.429. The van der Waals surface area contributed by atoms with Gasteiger partial charge in [0.05, 0.1) is 18.8 Å². The molecule has 20 heavy (non-hydrogen) atoms. The van der Waals surface area contributed by atoms with Gasteiger partial charge >= 0.3 is 0 Å². The summed E-state index contributed by atoms with van der Waals surface area (Å²) in [6.07, 6.45) is 2.39. The lowest BCUT2D eigenvalue weighted by molar-refractivity contribution is -0.0423. The highest BCUT2D eigenvalue weighted by Gasteiger charge is 2.28. The summed E-state index contributed by atoms with van der Waals surface area (Å²) in [6.45, 7) is 3.10. The van der Waals surface area contributed by atoms with Crippen molar-refractivity contribution in [3.05, 3.63) is 30.1 Å². The van der Waals surface area contributed by atoms with Crippen molar-refractivity contribution in [1.29, 1.82) is 0 Å². The molecule has 0 aromatic carbocycles. The highest BCUT2D eigenvalue weighted by Crippen LogP contribution is 2.24. The van der Waals surface area contributed by atoms with Crippen LogP contribution >= 0.6 is 0 Å². The Morgan fingerprint density at radius 1 is 1.50 bits per heavy atom. The number of nitrogens with zero attached hydrogens (tertiary/aromatic N) is 3. The first-order valence-electron chi connectivity index (χ1n) is 6.66. The number of anilines is 1. The molecular formula is C14H17N3O3. The molecule has 6 nitrogen and oxygen atoms in total. The van der Waals surface area contributed by atoms with Crippen molar-refractivity contribution < 1.29 is 14.6 Å². The second kappa shape index (κ2) is 5.22. The first-order valence-corrected chi connectivity index (χ1v) is 6.66. The molecule has 0 amide bonds. The van der Waals surface area contributed by atoms with E-state index in [-0.39, 0.29) is 18.8 Å². The third-order valence-electron chi connectivity index (χ3n) is 3.49. The number of carbonyl (C=O) groups is 1. The van der Waals surface area contributed by atoms with E-state index in [1.54, 1.807) is 4.40 Å². The molecule has 6 heteroatoms. The molecule has 1 fully saturated rings. The first kappa shape index (κ1) is 13.1. The van der Waals surface area contributed by atoms with Crippen molar-refractivity contribution in [2.24, 2.45) is 0 Å². The van der Waals surface area contributed by atoms with Gasteiger partial charge in [0.25, 0.3) is 0 Å². The average molecular weight is 275 g/mol. The highest BCUT2D eigenvalue weighted by molar-refractivity contribution is 5.83. The van der Waals surface area contributed by atoms with Crippen molar-refractivity contribution in [2.45, 2.75) is 19.1 Å². The molecule has 0 aliphatic carbocycles. The Kier molecular flexibility index (Phi) is 3.42. The largest absolute Gasteiger partial charge is 0.394 e. The number of aromatic nitrogens is 2. The Labute approximate surface area is 116 Å². The molecule has 1 aliphatic rings. The van der Waals surface area contributed by atoms with Crippen LogP contribution in [0.2, 0.25) is 0 Å². The van der Waals surface area contributed by atoms with Crippen LogP contribution in [0, 0.1) is 0 Å². The van der Waals surface area contributed by atoms with Crippen LogP contribution in [0.25, 0.3) is 5.65 Å². The minimum Gasteiger partial charge on any atom is -0.394 e. The maximum absolute atomic E-state index is 11.4. The quantitative estimate of drug-likeness (QED) is 0.837. The maximum Gasteiger partial charge on any atom is 0.170 e. The second-order valence-corrected chi connectivity index (χ2v) is 5.02. The standard InChI is InChI=1S/C14H17N3O3/c1-10-6-16(7-11(8-18)20-10)14-12(9-19)17-5-3-2-4-13(17)15-14/h2-5,9-11,18H,6-8H2,1H3. The minimum atomic E-state index is -0.247. The number of aldehydes is 1. The number of hydrogen-bond acceptors (Lipinski definition) is 5. The van der Waals surface area contributed by atoms with Gasteiger partial charge < -0.3 is 14.7 Å². The molecule has 3 rings (SSSR count). The van der Waals surface area contributed by atoms with Gasteiger partial charge in [-0.2, -0.15) is 0 Å². The van der Waals surface area contributed by atoms with Crippen LogP contribution in [0.3, 0.4) is 0 Å². The van der Waals surface area contributed by atoms with Crippen LogP contribution in [0.4, 0.5) is 5.82 Å². The van der Waals surface area contributed by atoms with E-state index in [0.717, 1.165) is 11.9 Å². The third kappa shape index (κ3) is 2.17. The van der Waals surface area contributed by atoms with Crippen molar-refractivity contribution in [3.63, 3.8) is 0 Å². The summed E-state index contributed by atoms with van der Waals surface area (Å²) in [7, 11) is 0. The van der Waals surface area contributed by atoms with E-state index in [9.17, 15) is 9.90 Å². The van der Waals surface area contributed by atoms with Crippen molar-refractivity contribution in [3.8, 4) is 0 Å². The van der Waals surface area contributed by atoms with Gasteiger partial charge in [-0.3, -0.25) is 9.20 Å². The minimum absolute atomic E-state index is 0.00906. The van der Waals surface area contributed by atoms with Gasteiger partial charge in [-0.25, -0.2) is 4.98 Å². The first-order chi connectivity index (χ1) is 9.72. The monoisotopic (exact) mass is 275 g/mol. The molecule has 2 aromatic heterocycles. The molecular weight excluding hydrogens is 258 g/mol. The van der Waals surface area contributed by atoms with Gasteiger partial charge in [0, 0.05) is 19.3 Å². The number of fused-ring (bicyclic) bond motifs is 1. The van der Waals surface area contributed by atoms with Gasteiger partial charge in [0.1, 0.15) is 11.3 Å². The van der Waals surface area contributed by atoms with Crippen LogP contribution in [-0.4, -0.2) is 52.7 Å². The number of rotatable bonds is 3. The van der Waals surface area contributed by atoms with E-state index in [2.05, 4.69) is 4.98 Å². The average Bonchev–Trinajstić information content (AvgIpc) is 2.85. The van der Waals surface area contributed by atoms with E-state index in [1.807, 2.05) is 36.2 Å². The van der Waals surface area contributed by atoms with E-state index in [1.165, 1.54) is 0 Å². The van der Waals surface area contributed by atoms with Crippen LogP contribution < -0.4 is 4.90 Å². The predicted octanol–water partition coefficient (Wildman–Crippen LogP) is 0.733. The summed E-state index contributed by atoms with van der Waals surface area (Å²) in [5, 5.41) is 9.29. The molecule has 3 heterocycles. The Hall–Kier alpha value is -1.92. The molecule has 0 radical (unpaired) electrons. The third-order valence-corrected chi connectivity index (χ3v) is 3.49. The van der Waals surface area contributed by atoms with Gasteiger partial charge in [0.15, 0.2) is 12.1 Å². The van der Waals surface area contributed by atoms with Crippen LogP contribution in [0.15, 0.2) is 24.4 Å². The number of pyridine rings is 1. The van der Waals surface area contributed by atoms with E-state index < -0.39 is 0 Å². The molecule has 0 bridgehead atoms. The van der Waals surface area contributed by atoms with E-state index >= 15 is 0 Å². The predicted molar refractivity (Wildman–Crippen MR) is 74.2 cm³/mol. The molecule has 1 N–H and O–H groups in total. The molecule has 0 spiro atoms. The van der Waals surface area contributed by atoms with Crippen LogP contribution in [-0.2, 0) is 4.74 Å². The summed E-state index contributed by atoms with van der Waals surface area (Å²) < 4.78 is 7.39. The molecule has 1 saturated heterocycles. The molecule has 2 atom stereocenters. The summed E-state index contributed by atoms with van der Waals surface area (Å²) >= 11 is 0. The summed E-state index contributed by atoms with van der Waals surface area (Å²) in [4.78, 5) is 17.9. The SMILES string of the molecule is CC1CN(c2nc3ccccn3c2C=O)CC(CO)O1. The van der Waals surface area contributed by atoms with Gasteiger partial charge in [-0.05, 0) is 19.1 Å². The van der Waals surface area contributed by atoms with Crippen LogP contribution in [0.1, 0.15) is 17.4 Å². The fourth-order valence-corrected chi connectivity index (χ4v) is 2.66. The Balaban J connectivity index is 2.02. The fourth-order valence-electron chi connectivity index (χ4n) is 2.66. The number of aliphatic hydroxyl groups is 1. The maximum atomic E-state index is 11.4. The number of carbonyl (C=O) groups excluding carboxylic acids is 1. The lowest BCUT2D eigenvalue weighted by Gasteiger charge is -2.36. The van der Waals surface area contributed by atoms with E-state index in [4.69, 9.17) is 4.74 Å². The number of aliphatic hydroxyl groups excluding tert-OH is 1. The second-order valence-electron chi connectivity index (χ2n) is 5.02. The van der Waals surface area contributed by atoms with Gasteiger partial charge in [-0.15, -0.1) is 0 Å². The molecule has 106 valence electrons. The molecule has 1 aliphatic heterocycles. The number of hydrogen-bond donors (Lipinski definition) is 1. The normalized spacial score (nSPS) is 23.2. The van der Waals surface area contributed by atoms with Gasteiger partial charge in [-0.1, -0.05) is 6.07 Å². The lowest BCUT2D eigenvalue weighted by Crippen LogP contribution is -2.48. The van der Waals surface area contributed by atoms with Crippen molar-refractivity contribution >= 4 is 17.8 Å². The number of imidazole rings is 1. The van der Waals surface area contributed by atoms with Crippen molar-refractivity contribution in [1.82, 2.24) is 9.38 Å². The zero-order chi connectivity index (χ0) is 14.1. The number of ether oxygens (including phenoxy) is 1. The summed E-state index contributed by atoms with van der Waals surface area (Å²) in [5.41, 5.74) is 1.27. The van der Waals surface area contributed by atoms with E-state index in [0.29, 0.717) is 24.6 Å². The Morgan fingerprint density at radius 3 is 3.10 bits per heavy atom. The smallest absolute Gasteiger partial charge is 0.170 e.